The maximum Gasteiger partial charge on any atom is 0.139 e. The molecule has 5 heteroatoms. The minimum absolute atomic E-state index is 0.310. The molecule has 0 aliphatic rings. The van der Waals surface area contributed by atoms with Gasteiger partial charge < -0.3 is 4.52 Å². The van der Waals surface area contributed by atoms with E-state index in [1.807, 2.05) is 10.9 Å². The lowest BCUT2D eigenvalue weighted by Gasteiger charge is -2.06. The highest BCUT2D eigenvalue weighted by molar-refractivity contribution is 6.31. The number of hydrogen-bond donors (Lipinski definition) is 0. The number of nitrogens with zero attached hydrogens (tertiary/aromatic N) is 3. The quantitative estimate of drug-likeness (QED) is 0.757. The van der Waals surface area contributed by atoms with Gasteiger partial charge in [-0.1, -0.05) is 37.5 Å². The third-order valence-electron chi connectivity index (χ3n) is 3.72. The monoisotopic (exact) mass is 309 g/mol. The molecule has 2 rings (SSSR count). The topological polar surface area (TPSA) is 43.9 Å². The molecule has 0 aromatic carbocycles. The minimum atomic E-state index is 0.310. The number of aromatic nitrogens is 3. The van der Waals surface area contributed by atoms with Gasteiger partial charge in [0.05, 0.1) is 16.4 Å². The van der Waals surface area contributed by atoms with Crippen molar-refractivity contribution in [3.8, 4) is 0 Å². The lowest BCUT2D eigenvalue weighted by atomic mass is 10.00. The first-order valence-electron chi connectivity index (χ1n) is 7.58. The lowest BCUT2D eigenvalue weighted by Crippen LogP contribution is -2.02. The molecule has 4 nitrogen and oxygen atoms in total. The largest absolute Gasteiger partial charge is 0.361 e. The fraction of sp³-hybridized carbons (Fsp3) is 0.625. The Hall–Kier alpha value is -1.29. The Bertz CT molecular complexity index is 586. The Labute approximate surface area is 131 Å². The van der Waals surface area contributed by atoms with Crippen LogP contribution in [0, 0.1) is 0 Å². The van der Waals surface area contributed by atoms with Crippen molar-refractivity contribution in [1.82, 2.24) is 14.9 Å². The van der Waals surface area contributed by atoms with Crippen molar-refractivity contribution in [3.63, 3.8) is 0 Å². The summed E-state index contributed by atoms with van der Waals surface area (Å²) in [5.74, 6) is 1.65. The SMILES string of the molecule is CC(C)c1cc(C(C)CCc2nn(C(C)C)cc2Cl)on1. The summed E-state index contributed by atoms with van der Waals surface area (Å²) in [5, 5.41) is 9.41. The first-order valence-corrected chi connectivity index (χ1v) is 7.96. The normalized spacial score (nSPS) is 13.3. The van der Waals surface area contributed by atoms with Crippen molar-refractivity contribution in [3.05, 3.63) is 34.4 Å². The van der Waals surface area contributed by atoms with Gasteiger partial charge in [0.1, 0.15) is 5.76 Å². The molecule has 0 spiro atoms. The van der Waals surface area contributed by atoms with Crippen molar-refractivity contribution in [2.75, 3.05) is 0 Å². The molecule has 1 atom stereocenters. The zero-order valence-corrected chi connectivity index (χ0v) is 14.2. The van der Waals surface area contributed by atoms with Crippen LogP contribution < -0.4 is 0 Å². The van der Waals surface area contributed by atoms with Gasteiger partial charge in [-0.05, 0) is 32.6 Å². The molecule has 0 amide bonds. The molecule has 0 aliphatic carbocycles. The molecule has 1 unspecified atom stereocenters. The van der Waals surface area contributed by atoms with Gasteiger partial charge in [0, 0.05) is 24.2 Å². The smallest absolute Gasteiger partial charge is 0.139 e. The van der Waals surface area contributed by atoms with Crippen molar-refractivity contribution >= 4 is 11.6 Å². The second kappa shape index (κ2) is 6.65. The third-order valence-corrected chi connectivity index (χ3v) is 4.04. The Morgan fingerprint density at radius 3 is 2.48 bits per heavy atom. The molecular weight excluding hydrogens is 286 g/mol. The first kappa shape index (κ1) is 16.1. The highest BCUT2D eigenvalue weighted by Gasteiger charge is 2.16. The van der Waals surface area contributed by atoms with Gasteiger partial charge in [-0.2, -0.15) is 5.10 Å². The van der Waals surface area contributed by atoms with E-state index in [1.165, 1.54) is 0 Å². The molecule has 2 aromatic rings. The maximum absolute atomic E-state index is 6.25. The zero-order chi connectivity index (χ0) is 15.6. The van der Waals surface area contributed by atoms with Crippen LogP contribution in [0.3, 0.4) is 0 Å². The van der Waals surface area contributed by atoms with Crippen molar-refractivity contribution in [2.24, 2.45) is 0 Å². The van der Waals surface area contributed by atoms with E-state index in [0.29, 0.717) is 17.9 Å². The van der Waals surface area contributed by atoms with Crippen LogP contribution in [0.25, 0.3) is 0 Å². The summed E-state index contributed by atoms with van der Waals surface area (Å²) in [6.45, 7) is 10.6. The number of aryl methyl sites for hydroxylation is 1. The highest BCUT2D eigenvalue weighted by atomic mass is 35.5. The van der Waals surface area contributed by atoms with E-state index in [-0.39, 0.29) is 0 Å². The van der Waals surface area contributed by atoms with E-state index >= 15 is 0 Å². The molecule has 0 bridgehead atoms. The third kappa shape index (κ3) is 3.88. The molecule has 0 saturated carbocycles. The standard InChI is InChI=1S/C16H24ClN3O/c1-10(2)15-8-16(21-19-15)12(5)6-7-14-13(17)9-20(18-14)11(3)4/h8-12H,6-7H2,1-5H3. The molecule has 2 aromatic heterocycles. The molecule has 116 valence electrons. The summed E-state index contributed by atoms with van der Waals surface area (Å²) in [6.07, 6.45) is 3.69. The molecule has 0 radical (unpaired) electrons. The zero-order valence-electron chi connectivity index (χ0n) is 13.4. The van der Waals surface area contributed by atoms with Crippen LogP contribution in [0.1, 0.15) is 76.1 Å². The first-order chi connectivity index (χ1) is 9.88. The molecule has 0 aliphatic heterocycles. The van der Waals surface area contributed by atoms with Crippen LogP contribution in [0.4, 0.5) is 0 Å². The maximum atomic E-state index is 6.25. The molecule has 0 fully saturated rings. The van der Waals surface area contributed by atoms with Crippen LogP contribution in [0.5, 0.6) is 0 Å². The van der Waals surface area contributed by atoms with Gasteiger partial charge in [0.25, 0.3) is 0 Å². The molecule has 21 heavy (non-hydrogen) atoms. The summed E-state index contributed by atoms with van der Waals surface area (Å²) in [5.41, 5.74) is 1.97. The highest BCUT2D eigenvalue weighted by Crippen LogP contribution is 2.26. The van der Waals surface area contributed by atoms with Crippen molar-refractivity contribution < 1.29 is 4.52 Å². The molecule has 0 N–H and O–H groups in total. The van der Waals surface area contributed by atoms with E-state index < -0.39 is 0 Å². The number of hydrogen-bond acceptors (Lipinski definition) is 3. The summed E-state index contributed by atoms with van der Waals surface area (Å²) in [4.78, 5) is 0. The number of halogens is 1. The fourth-order valence-electron chi connectivity index (χ4n) is 2.14. The number of rotatable bonds is 6. The lowest BCUT2D eigenvalue weighted by molar-refractivity contribution is 0.353. The molecule has 2 heterocycles. The predicted octanol–water partition coefficient (Wildman–Crippen LogP) is 4.97. The summed E-state index contributed by atoms with van der Waals surface area (Å²) < 4.78 is 7.35. The second-order valence-electron chi connectivity index (χ2n) is 6.25. The van der Waals surface area contributed by atoms with E-state index in [0.717, 1.165) is 35.0 Å². The van der Waals surface area contributed by atoms with Crippen LogP contribution >= 0.6 is 11.6 Å². The Morgan fingerprint density at radius 1 is 1.24 bits per heavy atom. The van der Waals surface area contributed by atoms with Crippen LogP contribution in [-0.2, 0) is 6.42 Å². The average Bonchev–Trinajstić information content (AvgIpc) is 3.03. The molecule has 0 saturated heterocycles. The van der Waals surface area contributed by atoms with Gasteiger partial charge in [-0.25, -0.2) is 0 Å². The van der Waals surface area contributed by atoms with E-state index in [4.69, 9.17) is 16.1 Å². The van der Waals surface area contributed by atoms with E-state index in [1.54, 1.807) is 0 Å². The Kier molecular flexibility index (Phi) is 5.09. The van der Waals surface area contributed by atoms with Gasteiger partial charge in [0.15, 0.2) is 0 Å². The van der Waals surface area contributed by atoms with Gasteiger partial charge in [-0.15, -0.1) is 0 Å². The van der Waals surface area contributed by atoms with Gasteiger partial charge >= 0.3 is 0 Å². The summed E-state index contributed by atoms with van der Waals surface area (Å²) in [6, 6.07) is 2.39. The van der Waals surface area contributed by atoms with Crippen LogP contribution in [0.15, 0.2) is 16.8 Å². The Balaban J connectivity index is 1.98. The second-order valence-corrected chi connectivity index (χ2v) is 6.65. The van der Waals surface area contributed by atoms with Crippen molar-refractivity contribution in [2.45, 2.75) is 65.3 Å². The van der Waals surface area contributed by atoms with E-state index in [9.17, 15) is 0 Å². The predicted molar refractivity (Wildman–Crippen MR) is 85.0 cm³/mol. The summed E-state index contributed by atoms with van der Waals surface area (Å²) >= 11 is 6.25. The Morgan fingerprint density at radius 2 is 1.95 bits per heavy atom. The average molecular weight is 310 g/mol. The molecular formula is C16H24ClN3O. The van der Waals surface area contributed by atoms with Gasteiger partial charge in [0.2, 0.25) is 0 Å². The van der Waals surface area contributed by atoms with Crippen LogP contribution in [0.2, 0.25) is 5.02 Å². The van der Waals surface area contributed by atoms with Gasteiger partial charge in [-0.3, -0.25) is 4.68 Å². The van der Waals surface area contributed by atoms with Crippen molar-refractivity contribution in [1.29, 1.82) is 0 Å². The fourth-order valence-corrected chi connectivity index (χ4v) is 2.38. The minimum Gasteiger partial charge on any atom is -0.361 e. The summed E-state index contributed by atoms with van der Waals surface area (Å²) in [7, 11) is 0. The van der Waals surface area contributed by atoms with E-state index in [2.05, 4.69) is 50.9 Å². The van der Waals surface area contributed by atoms with Crippen LogP contribution in [-0.4, -0.2) is 14.9 Å².